The fraction of sp³-hybridized carbons (Fsp3) is 0.208. The first-order chi connectivity index (χ1) is 14.0. The largest absolute Gasteiger partial charge is 0.333 e. The van der Waals surface area contributed by atoms with Crippen molar-refractivity contribution in [1.29, 1.82) is 0 Å². The summed E-state index contributed by atoms with van der Waals surface area (Å²) in [5.41, 5.74) is 4.59. The van der Waals surface area contributed by atoms with E-state index in [1.165, 1.54) is 6.20 Å². The van der Waals surface area contributed by atoms with Gasteiger partial charge < -0.3 is 10.2 Å². The van der Waals surface area contributed by atoms with Crippen molar-refractivity contribution >= 4 is 17.5 Å². The van der Waals surface area contributed by atoms with Gasteiger partial charge in [0.05, 0.1) is 0 Å². The van der Waals surface area contributed by atoms with Gasteiger partial charge >= 0.3 is 0 Å². The maximum absolute atomic E-state index is 12.9. The van der Waals surface area contributed by atoms with Crippen LogP contribution in [-0.4, -0.2) is 28.2 Å². The molecule has 0 saturated heterocycles. The summed E-state index contributed by atoms with van der Waals surface area (Å²) in [6, 6.07) is 18.8. The highest BCUT2D eigenvalue weighted by Gasteiger charge is 2.18. The zero-order valence-corrected chi connectivity index (χ0v) is 17.0. The molecule has 1 aromatic heterocycles. The van der Waals surface area contributed by atoms with Crippen LogP contribution in [-0.2, 0) is 6.54 Å². The van der Waals surface area contributed by atoms with Crippen LogP contribution in [0.5, 0.6) is 0 Å². The molecule has 5 heteroatoms. The molecule has 3 rings (SSSR count). The molecular formula is C24H25N3O2. The van der Waals surface area contributed by atoms with Crippen molar-refractivity contribution in [2.75, 3.05) is 11.9 Å². The molecule has 29 heavy (non-hydrogen) atoms. The Labute approximate surface area is 171 Å². The summed E-state index contributed by atoms with van der Waals surface area (Å²) in [6.07, 6.45) is 1.50. The second-order valence-corrected chi connectivity index (χ2v) is 7.01. The van der Waals surface area contributed by atoms with Crippen LogP contribution in [0, 0.1) is 13.8 Å². The molecule has 148 valence electrons. The molecule has 5 nitrogen and oxygen atoms in total. The molecule has 0 spiro atoms. The van der Waals surface area contributed by atoms with Crippen molar-refractivity contribution < 1.29 is 9.59 Å². The van der Waals surface area contributed by atoms with Gasteiger partial charge in [-0.15, -0.1) is 0 Å². The van der Waals surface area contributed by atoms with E-state index in [2.05, 4.69) is 10.3 Å². The van der Waals surface area contributed by atoms with Gasteiger partial charge in [-0.3, -0.25) is 14.6 Å². The first-order valence-electron chi connectivity index (χ1n) is 9.65. The maximum atomic E-state index is 12.9. The number of carbonyl (C=O) groups is 2. The van der Waals surface area contributed by atoms with Crippen LogP contribution in [0.3, 0.4) is 0 Å². The number of benzene rings is 2. The lowest BCUT2D eigenvalue weighted by molar-refractivity contribution is 0.0746. The van der Waals surface area contributed by atoms with E-state index in [9.17, 15) is 9.59 Å². The van der Waals surface area contributed by atoms with Crippen molar-refractivity contribution in [3.63, 3.8) is 0 Å². The number of carbonyl (C=O) groups excluding carboxylic acids is 2. The van der Waals surface area contributed by atoms with E-state index in [1.54, 1.807) is 17.0 Å². The molecule has 3 aromatic rings. The number of aryl methyl sites for hydroxylation is 2. The number of rotatable bonds is 6. The van der Waals surface area contributed by atoms with Gasteiger partial charge in [0.2, 0.25) is 0 Å². The fourth-order valence-electron chi connectivity index (χ4n) is 3.13. The van der Waals surface area contributed by atoms with Crippen molar-refractivity contribution in [2.24, 2.45) is 0 Å². The Morgan fingerprint density at radius 3 is 2.45 bits per heavy atom. The van der Waals surface area contributed by atoms with E-state index >= 15 is 0 Å². The average Bonchev–Trinajstić information content (AvgIpc) is 2.74. The zero-order chi connectivity index (χ0) is 20.8. The Hall–Kier alpha value is -3.47. The number of pyridine rings is 1. The van der Waals surface area contributed by atoms with E-state index in [4.69, 9.17) is 0 Å². The van der Waals surface area contributed by atoms with E-state index in [0.717, 1.165) is 22.4 Å². The van der Waals surface area contributed by atoms with Crippen LogP contribution in [0.1, 0.15) is 44.5 Å². The second kappa shape index (κ2) is 9.15. The highest BCUT2D eigenvalue weighted by molar-refractivity contribution is 6.06. The molecule has 0 aliphatic rings. The Morgan fingerprint density at radius 2 is 1.76 bits per heavy atom. The van der Waals surface area contributed by atoms with Crippen LogP contribution in [0.15, 0.2) is 66.9 Å². The van der Waals surface area contributed by atoms with Gasteiger partial charge in [0.1, 0.15) is 5.69 Å². The van der Waals surface area contributed by atoms with E-state index in [-0.39, 0.29) is 17.5 Å². The maximum Gasteiger partial charge on any atom is 0.272 e. The molecule has 2 amide bonds. The predicted octanol–water partition coefficient (Wildman–Crippen LogP) is 4.61. The van der Waals surface area contributed by atoms with Crippen molar-refractivity contribution in [3.8, 4) is 0 Å². The van der Waals surface area contributed by atoms with Gasteiger partial charge in [-0.25, -0.2) is 0 Å². The second-order valence-electron chi connectivity index (χ2n) is 7.01. The van der Waals surface area contributed by atoms with Gasteiger partial charge in [-0.2, -0.15) is 0 Å². The molecule has 0 bridgehead atoms. The summed E-state index contributed by atoms with van der Waals surface area (Å²) in [5.74, 6) is -0.461. The smallest absolute Gasteiger partial charge is 0.272 e. The summed E-state index contributed by atoms with van der Waals surface area (Å²) in [6.45, 7) is 6.93. The molecule has 0 aliphatic carbocycles. The number of hydrogen-bond donors (Lipinski definition) is 1. The molecule has 0 saturated carbocycles. The number of amides is 2. The van der Waals surface area contributed by atoms with Crippen molar-refractivity contribution in [2.45, 2.75) is 27.3 Å². The van der Waals surface area contributed by atoms with E-state index in [1.807, 2.05) is 69.3 Å². The highest BCUT2D eigenvalue weighted by Crippen LogP contribution is 2.17. The number of anilines is 1. The first kappa shape index (κ1) is 20.3. The van der Waals surface area contributed by atoms with Gasteiger partial charge in [0.25, 0.3) is 11.8 Å². The molecule has 0 atom stereocenters. The van der Waals surface area contributed by atoms with E-state index < -0.39 is 0 Å². The summed E-state index contributed by atoms with van der Waals surface area (Å²) in [5, 5.41) is 2.91. The normalized spacial score (nSPS) is 10.4. The zero-order valence-electron chi connectivity index (χ0n) is 17.0. The Bertz CT molecular complexity index is 1020. The fourth-order valence-corrected chi connectivity index (χ4v) is 3.13. The topological polar surface area (TPSA) is 62.3 Å². The number of aromatic nitrogens is 1. The third-order valence-electron chi connectivity index (χ3n) is 4.76. The molecular weight excluding hydrogens is 362 g/mol. The minimum Gasteiger partial charge on any atom is -0.333 e. The molecule has 2 aromatic carbocycles. The molecule has 1 heterocycles. The highest BCUT2D eigenvalue weighted by atomic mass is 16.2. The summed E-state index contributed by atoms with van der Waals surface area (Å²) >= 11 is 0. The number of nitrogens with one attached hydrogen (secondary N) is 1. The van der Waals surface area contributed by atoms with Gasteiger partial charge in [-0.1, -0.05) is 48.0 Å². The lowest BCUT2D eigenvalue weighted by atomic mass is 10.1. The summed E-state index contributed by atoms with van der Waals surface area (Å²) in [7, 11) is 0. The van der Waals surface area contributed by atoms with Crippen LogP contribution >= 0.6 is 0 Å². The monoisotopic (exact) mass is 387 g/mol. The van der Waals surface area contributed by atoms with Crippen LogP contribution in [0.25, 0.3) is 0 Å². The van der Waals surface area contributed by atoms with Crippen molar-refractivity contribution in [3.05, 3.63) is 94.8 Å². The lowest BCUT2D eigenvalue weighted by Gasteiger charge is -2.20. The van der Waals surface area contributed by atoms with Gasteiger partial charge in [0.15, 0.2) is 0 Å². The number of nitrogens with zero attached hydrogens (tertiary/aromatic N) is 2. The minimum absolute atomic E-state index is 0.197. The summed E-state index contributed by atoms with van der Waals surface area (Å²) < 4.78 is 0. The third kappa shape index (κ3) is 5.08. The molecule has 0 fully saturated rings. The standard InChI is InChI=1S/C24H25N3O2/c1-4-27(16-19-8-6-5-7-9-19)24(29)22-15-20(12-13-25-22)23(28)26-21-11-10-17(2)14-18(21)3/h5-15H,4,16H2,1-3H3,(H,26,28). The first-order valence-corrected chi connectivity index (χ1v) is 9.65. The Morgan fingerprint density at radius 1 is 1.00 bits per heavy atom. The number of hydrogen-bond acceptors (Lipinski definition) is 3. The lowest BCUT2D eigenvalue weighted by Crippen LogP contribution is -2.31. The Balaban J connectivity index is 1.77. The van der Waals surface area contributed by atoms with Crippen LogP contribution in [0.2, 0.25) is 0 Å². The third-order valence-corrected chi connectivity index (χ3v) is 4.76. The molecule has 0 aliphatic heterocycles. The SMILES string of the molecule is CCN(Cc1ccccc1)C(=O)c1cc(C(=O)Nc2ccc(C)cc2C)ccn1. The minimum atomic E-state index is -0.264. The summed E-state index contributed by atoms with van der Waals surface area (Å²) in [4.78, 5) is 31.5. The van der Waals surface area contributed by atoms with E-state index in [0.29, 0.717) is 18.7 Å². The predicted molar refractivity (Wildman–Crippen MR) is 115 cm³/mol. The van der Waals surface area contributed by atoms with Crippen molar-refractivity contribution in [1.82, 2.24) is 9.88 Å². The molecule has 0 unspecified atom stereocenters. The average molecular weight is 387 g/mol. The molecule has 0 radical (unpaired) electrons. The van der Waals surface area contributed by atoms with Gasteiger partial charge in [0, 0.05) is 30.5 Å². The molecule has 1 N–H and O–H groups in total. The van der Waals surface area contributed by atoms with Gasteiger partial charge in [-0.05, 0) is 50.1 Å². The van der Waals surface area contributed by atoms with Crippen LogP contribution in [0.4, 0.5) is 5.69 Å². The van der Waals surface area contributed by atoms with Crippen LogP contribution < -0.4 is 5.32 Å². The Kier molecular flexibility index (Phi) is 6.39. The quantitative estimate of drug-likeness (QED) is 0.672.